The highest BCUT2D eigenvalue weighted by atomic mass is 32.1. The van der Waals surface area contributed by atoms with Gasteiger partial charge in [-0.05, 0) is 44.2 Å². The predicted molar refractivity (Wildman–Crippen MR) is 104 cm³/mol. The molecule has 0 spiro atoms. The molecule has 3 aromatic rings. The van der Waals surface area contributed by atoms with Crippen molar-refractivity contribution in [2.45, 2.75) is 39.2 Å². The maximum Gasteiger partial charge on any atom is 0.265 e. The van der Waals surface area contributed by atoms with Crippen LogP contribution in [-0.2, 0) is 19.4 Å². The first-order valence-electron chi connectivity index (χ1n) is 9.07. The van der Waals surface area contributed by atoms with Crippen LogP contribution in [0.3, 0.4) is 0 Å². The Hall–Kier alpha value is -2.34. The zero-order valence-corrected chi connectivity index (χ0v) is 16.0. The third kappa shape index (κ3) is 2.98. The summed E-state index contributed by atoms with van der Waals surface area (Å²) in [5.41, 5.74) is 3.62. The molecule has 0 saturated carbocycles. The van der Waals surface area contributed by atoms with Crippen LogP contribution in [0.15, 0.2) is 24.4 Å². The van der Waals surface area contributed by atoms with Crippen molar-refractivity contribution < 1.29 is 9.53 Å². The Bertz CT molecular complexity index is 958. The molecule has 0 radical (unpaired) electrons. The van der Waals surface area contributed by atoms with Gasteiger partial charge in [0.1, 0.15) is 10.6 Å². The number of aromatic nitrogens is 2. The van der Waals surface area contributed by atoms with Crippen LogP contribution in [0, 0.1) is 6.92 Å². The molecule has 26 heavy (non-hydrogen) atoms. The van der Waals surface area contributed by atoms with E-state index in [4.69, 9.17) is 4.74 Å². The molecule has 0 fully saturated rings. The van der Waals surface area contributed by atoms with Crippen molar-refractivity contribution >= 4 is 28.1 Å². The lowest BCUT2D eigenvalue weighted by Gasteiger charge is -2.08. The molecule has 1 aromatic carbocycles. The third-order valence-corrected chi connectivity index (χ3v) is 6.29. The summed E-state index contributed by atoms with van der Waals surface area (Å²) in [6.07, 6.45) is 6.01. The lowest BCUT2D eigenvalue weighted by atomic mass is 10.1. The van der Waals surface area contributed by atoms with E-state index in [-0.39, 0.29) is 5.91 Å². The zero-order valence-electron chi connectivity index (χ0n) is 15.2. The summed E-state index contributed by atoms with van der Waals surface area (Å²) < 4.78 is 7.52. The number of hydrogen-bond acceptors (Lipinski definition) is 4. The fourth-order valence-electron chi connectivity index (χ4n) is 3.68. The summed E-state index contributed by atoms with van der Waals surface area (Å²) >= 11 is 1.59. The number of rotatable bonds is 6. The Morgan fingerprint density at radius 2 is 2.27 bits per heavy atom. The first-order chi connectivity index (χ1) is 12.7. The van der Waals surface area contributed by atoms with Gasteiger partial charge in [0, 0.05) is 28.9 Å². The van der Waals surface area contributed by atoms with Crippen LogP contribution < -0.4 is 10.1 Å². The van der Waals surface area contributed by atoms with Crippen LogP contribution >= 0.6 is 11.3 Å². The van der Waals surface area contributed by atoms with Gasteiger partial charge in [-0.15, -0.1) is 11.3 Å². The molecule has 0 unspecified atom stereocenters. The van der Waals surface area contributed by atoms with Crippen LogP contribution in [0.1, 0.15) is 38.5 Å². The second-order valence-electron chi connectivity index (χ2n) is 6.70. The summed E-state index contributed by atoms with van der Waals surface area (Å²) in [5.74, 6) is 0.760. The van der Waals surface area contributed by atoms with Gasteiger partial charge in [0.25, 0.3) is 5.91 Å². The van der Waals surface area contributed by atoms with Gasteiger partial charge in [-0.1, -0.05) is 12.1 Å². The molecule has 1 aliphatic carbocycles. The van der Waals surface area contributed by atoms with Gasteiger partial charge in [-0.3, -0.25) is 9.48 Å². The average molecular weight is 369 g/mol. The van der Waals surface area contributed by atoms with E-state index < -0.39 is 0 Å². The van der Waals surface area contributed by atoms with Gasteiger partial charge >= 0.3 is 0 Å². The Balaban J connectivity index is 1.36. The van der Waals surface area contributed by atoms with Gasteiger partial charge in [-0.2, -0.15) is 5.10 Å². The number of ether oxygens (including phenoxy) is 1. The van der Waals surface area contributed by atoms with E-state index in [0.29, 0.717) is 6.54 Å². The summed E-state index contributed by atoms with van der Waals surface area (Å²) in [6, 6.07) is 6.24. The second kappa shape index (κ2) is 7.11. The van der Waals surface area contributed by atoms with Gasteiger partial charge < -0.3 is 10.1 Å². The number of amides is 1. The highest BCUT2D eigenvalue weighted by Gasteiger charge is 2.26. The minimum Gasteiger partial charge on any atom is -0.495 e. The van der Waals surface area contributed by atoms with E-state index >= 15 is 0 Å². The number of nitrogens with one attached hydrogen (secondary N) is 1. The van der Waals surface area contributed by atoms with Crippen molar-refractivity contribution in [1.82, 2.24) is 15.1 Å². The molecule has 4 rings (SSSR count). The zero-order chi connectivity index (χ0) is 18.1. The lowest BCUT2D eigenvalue weighted by molar-refractivity contribution is 0.0954. The van der Waals surface area contributed by atoms with E-state index in [9.17, 15) is 4.79 Å². The molecular weight excluding hydrogens is 346 g/mol. The van der Waals surface area contributed by atoms with Crippen LogP contribution in [0.25, 0.3) is 10.9 Å². The number of carbonyl (C=O) groups excluding carboxylic acids is 1. The Morgan fingerprint density at radius 1 is 1.38 bits per heavy atom. The summed E-state index contributed by atoms with van der Waals surface area (Å²) in [5, 5.41) is 8.70. The molecule has 0 bridgehead atoms. The molecule has 1 amide bonds. The molecule has 2 heterocycles. The fraction of sp³-hybridized carbons (Fsp3) is 0.400. The van der Waals surface area contributed by atoms with Crippen molar-refractivity contribution in [1.29, 1.82) is 0 Å². The van der Waals surface area contributed by atoms with Crippen LogP contribution in [-0.4, -0.2) is 29.3 Å². The Kier molecular flexibility index (Phi) is 4.68. The number of fused-ring (bicyclic) bond motifs is 2. The van der Waals surface area contributed by atoms with Crippen molar-refractivity contribution in [3.8, 4) is 5.75 Å². The summed E-state index contributed by atoms with van der Waals surface area (Å²) in [7, 11) is 1.66. The fourth-order valence-corrected chi connectivity index (χ4v) is 4.95. The minimum absolute atomic E-state index is 0.0255. The van der Waals surface area contributed by atoms with Crippen molar-refractivity contribution in [3.63, 3.8) is 0 Å². The molecule has 2 aromatic heterocycles. The highest BCUT2D eigenvalue weighted by molar-refractivity contribution is 7.14. The highest BCUT2D eigenvalue weighted by Crippen LogP contribution is 2.40. The van der Waals surface area contributed by atoms with Crippen LogP contribution in [0.4, 0.5) is 0 Å². The first kappa shape index (κ1) is 17.1. The van der Waals surface area contributed by atoms with Crippen molar-refractivity contribution in [2.75, 3.05) is 13.7 Å². The molecule has 1 N–H and O–H groups in total. The SMILES string of the molecule is COc1c(C(=O)NCCCn2ncc3c(C)cccc32)sc2c1CCC2. The maximum absolute atomic E-state index is 12.5. The number of benzene rings is 1. The average Bonchev–Trinajstić information content (AvgIpc) is 3.33. The smallest absolute Gasteiger partial charge is 0.265 e. The number of hydrogen-bond donors (Lipinski definition) is 1. The molecule has 0 saturated heterocycles. The summed E-state index contributed by atoms with van der Waals surface area (Å²) in [6.45, 7) is 3.50. The molecule has 0 aliphatic heterocycles. The first-order valence-corrected chi connectivity index (χ1v) is 9.88. The minimum atomic E-state index is -0.0255. The topological polar surface area (TPSA) is 56.1 Å². The maximum atomic E-state index is 12.5. The van der Waals surface area contributed by atoms with Gasteiger partial charge in [-0.25, -0.2) is 0 Å². The number of aryl methyl sites for hydroxylation is 3. The molecule has 136 valence electrons. The van der Waals surface area contributed by atoms with E-state index in [1.165, 1.54) is 21.4 Å². The van der Waals surface area contributed by atoms with E-state index in [1.807, 2.05) is 10.9 Å². The normalized spacial score (nSPS) is 13.2. The van der Waals surface area contributed by atoms with Crippen LogP contribution in [0.5, 0.6) is 5.75 Å². The van der Waals surface area contributed by atoms with Crippen LogP contribution in [0.2, 0.25) is 0 Å². The quantitative estimate of drug-likeness (QED) is 0.674. The van der Waals surface area contributed by atoms with Crippen molar-refractivity contribution in [2.24, 2.45) is 0 Å². The predicted octanol–water partition coefficient (Wildman–Crippen LogP) is 3.72. The van der Waals surface area contributed by atoms with E-state index in [1.54, 1.807) is 18.4 Å². The number of thiophene rings is 1. The molecule has 5 nitrogen and oxygen atoms in total. The van der Waals surface area contributed by atoms with Gasteiger partial charge in [0.05, 0.1) is 18.8 Å². The van der Waals surface area contributed by atoms with E-state index in [2.05, 4.69) is 35.5 Å². The third-order valence-electron chi connectivity index (χ3n) is 5.02. The lowest BCUT2D eigenvalue weighted by Crippen LogP contribution is -2.25. The number of methoxy groups -OCH3 is 1. The second-order valence-corrected chi connectivity index (χ2v) is 7.81. The van der Waals surface area contributed by atoms with Gasteiger partial charge in [0.15, 0.2) is 0 Å². The monoisotopic (exact) mass is 369 g/mol. The largest absolute Gasteiger partial charge is 0.495 e. The van der Waals surface area contributed by atoms with Crippen molar-refractivity contribution in [3.05, 3.63) is 45.3 Å². The Morgan fingerprint density at radius 3 is 3.12 bits per heavy atom. The molecule has 1 aliphatic rings. The molecular formula is C20H23N3O2S. The van der Waals surface area contributed by atoms with Gasteiger partial charge in [0.2, 0.25) is 0 Å². The number of carbonyl (C=O) groups is 1. The van der Waals surface area contributed by atoms with E-state index in [0.717, 1.165) is 48.4 Å². The summed E-state index contributed by atoms with van der Waals surface area (Å²) in [4.78, 5) is 14.6. The number of nitrogens with zero attached hydrogens (tertiary/aromatic N) is 2. The molecule has 6 heteroatoms. The molecule has 0 atom stereocenters. The Labute approximate surface area is 157 Å². The standard InChI is InChI=1S/C20H23N3O2S/c1-13-6-3-8-16-15(13)12-22-23(16)11-5-10-21-20(24)19-18(25-2)14-7-4-9-17(14)26-19/h3,6,8,12H,4-5,7,9-11H2,1-2H3,(H,21,24).